The van der Waals surface area contributed by atoms with Gasteiger partial charge in [0, 0.05) is 5.56 Å². The summed E-state index contributed by atoms with van der Waals surface area (Å²) >= 11 is 11.5. The van der Waals surface area contributed by atoms with Crippen LogP contribution >= 0.6 is 23.2 Å². The van der Waals surface area contributed by atoms with Gasteiger partial charge in [-0.05, 0) is 24.3 Å². The van der Waals surface area contributed by atoms with Gasteiger partial charge in [0.15, 0.2) is 0 Å². The van der Waals surface area contributed by atoms with Crippen LogP contribution in [0.15, 0.2) is 36.5 Å². The maximum absolute atomic E-state index is 12.8. The average Bonchev–Trinajstić information content (AvgIpc) is 2.38. The molecule has 1 heterocycles. The minimum atomic E-state index is -0.364. The molecule has 0 unspecified atom stereocenters. The predicted octanol–water partition coefficient (Wildman–Crippen LogP) is 4.19. The molecule has 5 heteroatoms. The van der Waals surface area contributed by atoms with E-state index in [1.807, 2.05) is 0 Å². The van der Waals surface area contributed by atoms with E-state index in [9.17, 15) is 4.39 Å². The molecule has 0 radical (unpaired) electrons. The van der Waals surface area contributed by atoms with Gasteiger partial charge >= 0.3 is 0 Å². The highest BCUT2D eigenvalue weighted by Gasteiger charge is 2.03. The highest BCUT2D eigenvalue weighted by atomic mass is 35.5. The van der Waals surface area contributed by atoms with E-state index in [4.69, 9.17) is 27.9 Å². The van der Waals surface area contributed by atoms with Crippen molar-refractivity contribution in [1.82, 2.24) is 4.98 Å². The van der Waals surface area contributed by atoms with Crippen LogP contribution in [0.3, 0.4) is 0 Å². The monoisotopic (exact) mass is 285 g/mol. The number of pyridine rings is 1. The van der Waals surface area contributed by atoms with Gasteiger partial charge in [-0.3, -0.25) is 4.98 Å². The first-order chi connectivity index (χ1) is 8.69. The van der Waals surface area contributed by atoms with E-state index < -0.39 is 0 Å². The Bertz CT molecular complexity index is 531. The van der Waals surface area contributed by atoms with Crippen molar-refractivity contribution in [2.75, 3.05) is 0 Å². The quantitative estimate of drug-likeness (QED) is 0.786. The first kappa shape index (κ1) is 13.1. The minimum Gasteiger partial charge on any atom is -0.487 e. The lowest BCUT2D eigenvalue weighted by molar-refractivity contribution is 0.305. The fourth-order valence-corrected chi connectivity index (χ4v) is 1.76. The number of hydrogen-bond donors (Lipinski definition) is 0. The van der Waals surface area contributed by atoms with Crippen molar-refractivity contribution < 1.29 is 9.13 Å². The van der Waals surface area contributed by atoms with Crippen LogP contribution in [0.4, 0.5) is 4.39 Å². The van der Waals surface area contributed by atoms with Gasteiger partial charge in [-0.1, -0.05) is 17.7 Å². The minimum absolute atomic E-state index is 0.265. The molecule has 0 amide bonds. The molecule has 94 valence electrons. The summed E-state index contributed by atoms with van der Waals surface area (Å²) in [4.78, 5) is 4.10. The third-order valence-corrected chi connectivity index (χ3v) is 2.97. The molecule has 0 bridgehead atoms. The summed E-state index contributed by atoms with van der Waals surface area (Å²) < 4.78 is 18.3. The Balaban J connectivity index is 2.02. The Morgan fingerprint density at radius 1 is 1.22 bits per heavy atom. The molecule has 2 aromatic rings. The fourth-order valence-electron chi connectivity index (χ4n) is 1.38. The SMILES string of the molecule is Fc1ccc(COc2ccc(CCl)nc2)c(Cl)c1. The number of ether oxygens (including phenoxy) is 1. The largest absolute Gasteiger partial charge is 0.487 e. The zero-order valence-electron chi connectivity index (χ0n) is 9.37. The van der Waals surface area contributed by atoms with Gasteiger partial charge in [0.2, 0.25) is 0 Å². The molecule has 0 aliphatic heterocycles. The van der Waals surface area contributed by atoms with Gasteiger partial charge in [0.1, 0.15) is 18.2 Å². The van der Waals surface area contributed by atoms with Crippen molar-refractivity contribution in [2.45, 2.75) is 12.5 Å². The van der Waals surface area contributed by atoms with Crippen LogP contribution in [0.25, 0.3) is 0 Å². The maximum atomic E-state index is 12.8. The van der Waals surface area contributed by atoms with E-state index in [0.29, 0.717) is 16.7 Å². The third kappa shape index (κ3) is 3.34. The summed E-state index contributed by atoms with van der Waals surface area (Å²) in [6.45, 7) is 0.265. The van der Waals surface area contributed by atoms with Crippen molar-refractivity contribution in [3.05, 3.63) is 58.6 Å². The summed E-state index contributed by atoms with van der Waals surface area (Å²) in [5.74, 6) is 0.616. The Hall–Kier alpha value is -1.32. The maximum Gasteiger partial charge on any atom is 0.138 e. The van der Waals surface area contributed by atoms with Crippen molar-refractivity contribution in [3.8, 4) is 5.75 Å². The normalized spacial score (nSPS) is 10.4. The molecule has 0 saturated carbocycles. The summed E-state index contributed by atoms with van der Waals surface area (Å²) in [5, 5.41) is 0.348. The number of aromatic nitrogens is 1. The van der Waals surface area contributed by atoms with Gasteiger partial charge in [-0.2, -0.15) is 0 Å². The lowest BCUT2D eigenvalue weighted by Gasteiger charge is -2.07. The van der Waals surface area contributed by atoms with Crippen LogP contribution in [0.5, 0.6) is 5.75 Å². The lowest BCUT2D eigenvalue weighted by atomic mass is 10.2. The van der Waals surface area contributed by atoms with E-state index in [-0.39, 0.29) is 12.4 Å². The molecule has 0 atom stereocenters. The fraction of sp³-hybridized carbons (Fsp3) is 0.154. The van der Waals surface area contributed by atoms with Gasteiger partial charge in [-0.25, -0.2) is 4.39 Å². The second-order valence-electron chi connectivity index (χ2n) is 3.64. The average molecular weight is 286 g/mol. The Morgan fingerprint density at radius 2 is 2.06 bits per heavy atom. The number of nitrogens with zero attached hydrogens (tertiary/aromatic N) is 1. The van der Waals surface area contributed by atoms with Crippen LogP contribution in [0.1, 0.15) is 11.3 Å². The van der Waals surface area contributed by atoms with Crippen LogP contribution in [0.2, 0.25) is 5.02 Å². The summed E-state index contributed by atoms with van der Waals surface area (Å²) in [6.07, 6.45) is 1.59. The highest BCUT2D eigenvalue weighted by molar-refractivity contribution is 6.31. The van der Waals surface area contributed by atoms with Crippen molar-refractivity contribution >= 4 is 23.2 Å². The Morgan fingerprint density at radius 3 is 2.67 bits per heavy atom. The standard InChI is InChI=1S/C13H10Cl2FNO/c14-6-11-3-4-12(7-17-11)18-8-9-1-2-10(16)5-13(9)15/h1-5,7H,6,8H2. The zero-order chi connectivity index (χ0) is 13.0. The number of rotatable bonds is 4. The Kier molecular flexibility index (Phi) is 4.39. The van der Waals surface area contributed by atoms with Gasteiger partial charge in [0.25, 0.3) is 0 Å². The second kappa shape index (κ2) is 6.03. The molecule has 1 aromatic carbocycles. The predicted molar refractivity (Wildman–Crippen MR) is 69.5 cm³/mol. The van der Waals surface area contributed by atoms with E-state index in [1.54, 1.807) is 24.4 Å². The van der Waals surface area contributed by atoms with E-state index in [0.717, 1.165) is 11.3 Å². The molecular weight excluding hydrogens is 276 g/mol. The second-order valence-corrected chi connectivity index (χ2v) is 4.32. The number of halogens is 3. The van der Waals surface area contributed by atoms with Crippen LogP contribution in [-0.4, -0.2) is 4.98 Å². The molecule has 0 N–H and O–H groups in total. The summed E-state index contributed by atoms with van der Waals surface area (Å²) in [5.41, 5.74) is 1.50. The van der Waals surface area contributed by atoms with Gasteiger partial charge in [0.05, 0.1) is 22.8 Å². The highest BCUT2D eigenvalue weighted by Crippen LogP contribution is 2.19. The molecule has 0 aliphatic rings. The summed E-state index contributed by atoms with van der Waals surface area (Å²) in [6, 6.07) is 7.77. The first-order valence-corrected chi connectivity index (χ1v) is 6.18. The number of hydrogen-bond acceptors (Lipinski definition) is 2. The molecule has 0 aliphatic carbocycles. The van der Waals surface area contributed by atoms with Gasteiger partial charge < -0.3 is 4.74 Å². The third-order valence-electron chi connectivity index (χ3n) is 2.34. The van der Waals surface area contributed by atoms with Crippen molar-refractivity contribution in [2.24, 2.45) is 0 Å². The molecule has 0 spiro atoms. The van der Waals surface area contributed by atoms with Crippen LogP contribution in [-0.2, 0) is 12.5 Å². The first-order valence-electron chi connectivity index (χ1n) is 5.26. The molecule has 18 heavy (non-hydrogen) atoms. The molecule has 0 saturated heterocycles. The Labute approximate surface area is 114 Å². The van der Waals surface area contributed by atoms with Crippen molar-refractivity contribution in [3.63, 3.8) is 0 Å². The van der Waals surface area contributed by atoms with Crippen molar-refractivity contribution in [1.29, 1.82) is 0 Å². The van der Waals surface area contributed by atoms with E-state index in [2.05, 4.69) is 4.98 Å². The molecule has 2 rings (SSSR count). The number of benzene rings is 1. The van der Waals surface area contributed by atoms with Gasteiger partial charge in [-0.15, -0.1) is 11.6 Å². The molecule has 0 fully saturated rings. The summed E-state index contributed by atoms with van der Waals surface area (Å²) in [7, 11) is 0. The van der Waals surface area contributed by atoms with Crippen LogP contribution < -0.4 is 4.74 Å². The number of alkyl halides is 1. The lowest BCUT2D eigenvalue weighted by Crippen LogP contribution is -1.97. The zero-order valence-corrected chi connectivity index (χ0v) is 10.9. The van der Waals surface area contributed by atoms with E-state index >= 15 is 0 Å². The topological polar surface area (TPSA) is 22.1 Å². The molecular formula is C13H10Cl2FNO. The smallest absolute Gasteiger partial charge is 0.138 e. The molecule has 1 aromatic heterocycles. The van der Waals surface area contributed by atoms with Crippen LogP contribution in [0, 0.1) is 5.82 Å². The van der Waals surface area contributed by atoms with E-state index in [1.165, 1.54) is 12.1 Å². The molecule has 2 nitrogen and oxygen atoms in total.